The van der Waals surface area contributed by atoms with Crippen LogP contribution in [0.5, 0.6) is 0 Å². The van der Waals surface area contributed by atoms with Gasteiger partial charge in [-0.25, -0.2) is 17.6 Å². The van der Waals surface area contributed by atoms with Gasteiger partial charge in [0.15, 0.2) is 23.3 Å². The molecule has 1 aromatic carbocycles. The number of halogens is 5. The summed E-state index contributed by atoms with van der Waals surface area (Å²) in [5, 5.41) is 2.33. The van der Waals surface area contributed by atoms with Gasteiger partial charge in [-0.2, -0.15) is 0 Å². The van der Waals surface area contributed by atoms with E-state index in [1.54, 1.807) is 0 Å². The van der Waals surface area contributed by atoms with Gasteiger partial charge >= 0.3 is 0 Å². The average Bonchev–Trinajstić information content (AvgIpc) is 2.85. The van der Waals surface area contributed by atoms with Crippen molar-refractivity contribution in [3.63, 3.8) is 0 Å². The molecule has 1 aliphatic rings. The summed E-state index contributed by atoms with van der Waals surface area (Å²) in [7, 11) is 0. The number of hydrogen-bond donors (Lipinski definition) is 1. The molecule has 110 valence electrons. The number of alkyl halides is 1. The van der Waals surface area contributed by atoms with Crippen LogP contribution in [-0.2, 0) is 0 Å². The highest BCUT2D eigenvalue weighted by Crippen LogP contribution is 2.35. The Kier molecular flexibility index (Phi) is 4.22. The molecule has 0 saturated heterocycles. The van der Waals surface area contributed by atoms with Gasteiger partial charge in [-0.15, -0.1) is 11.6 Å². The van der Waals surface area contributed by atoms with Crippen molar-refractivity contribution in [3.8, 4) is 0 Å². The van der Waals surface area contributed by atoms with Crippen LogP contribution >= 0.6 is 11.6 Å². The maximum atomic E-state index is 13.4. The number of carbonyl (C=O) groups is 1. The summed E-state index contributed by atoms with van der Waals surface area (Å²) in [6.45, 7) is 0.0629. The van der Waals surface area contributed by atoms with E-state index in [1.165, 1.54) is 0 Å². The summed E-state index contributed by atoms with van der Waals surface area (Å²) in [4.78, 5) is 11.1. The van der Waals surface area contributed by atoms with Crippen LogP contribution in [0.1, 0.15) is 36.0 Å². The monoisotopic (exact) mass is 309 g/mol. The highest BCUT2D eigenvalue weighted by Gasteiger charge is 2.32. The van der Waals surface area contributed by atoms with E-state index in [9.17, 15) is 22.4 Å². The molecule has 1 aromatic rings. The first-order valence-corrected chi connectivity index (χ1v) is 6.52. The Balaban J connectivity index is 2.13. The molecule has 1 fully saturated rings. The van der Waals surface area contributed by atoms with Crippen molar-refractivity contribution in [3.05, 3.63) is 34.9 Å². The Hall–Kier alpha value is -1.30. The second-order valence-electron chi connectivity index (χ2n) is 4.89. The lowest BCUT2D eigenvalue weighted by molar-refractivity contribution is 0.0943. The summed E-state index contributed by atoms with van der Waals surface area (Å²) in [6, 6.07) is 0.332. The standard InChI is InChI=1S/C13H12ClF4NO/c14-13(3-1-2-4-13)6-19-12(20)7-5-8(15)10(17)11(18)9(7)16/h5H,1-4,6H2,(H,19,20). The van der Waals surface area contributed by atoms with Crippen molar-refractivity contribution in [2.45, 2.75) is 30.6 Å². The number of carbonyl (C=O) groups excluding carboxylic acids is 1. The molecule has 2 nitrogen and oxygen atoms in total. The van der Waals surface area contributed by atoms with E-state index < -0.39 is 39.6 Å². The number of nitrogens with one attached hydrogen (secondary N) is 1. The Morgan fingerprint density at radius 3 is 2.35 bits per heavy atom. The molecule has 0 heterocycles. The van der Waals surface area contributed by atoms with Crippen molar-refractivity contribution in [1.82, 2.24) is 5.32 Å². The van der Waals surface area contributed by atoms with Crippen LogP contribution in [0, 0.1) is 23.3 Å². The van der Waals surface area contributed by atoms with Gasteiger partial charge in [-0.1, -0.05) is 12.8 Å². The number of benzene rings is 1. The van der Waals surface area contributed by atoms with Crippen LogP contribution in [0.4, 0.5) is 17.6 Å². The molecule has 0 radical (unpaired) electrons. The second-order valence-corrected chi connectivity index (χ2v) is 5.69. The van der Waals surface area contributed by atoms with E-state index in [1.807, 2.05) is 0 Å². The molecule has 0 bridgehead atoms. The largest absolute Gasteiger partial charge is 0.350 e. The van der Waals surface area contributed by atoms with Gasteiger partial charge in [-0.05, 0) is 18.9 Å². The third-order valence-electron chi connectivity index (χ3n) is 3.41. The molecule has 1 saturated carbocycles. The average molecular weight is 310 g/mol. The zero-order valence-corrected chi connectivity index (χ0v) is 11.2. The minimum absolute atomic E-state index is 0.0629. The number of amides is 1. The second kappa shape index (κ2) is 5.60. The maximum Gasteiger partial charge on any atom is 0.254 e. The van der Waals surface area contributed by atoms with Crippen molar-refractivity contribution in [2.75, 3.05) is 6.54 Å². The van der Waals surface area contributed by atoms with Crippen LogP contribution in [0.25, 0.3) is 0 Å². The first-order chi connectivity index (χ1) is 9.34. The third kappa shape index (κ3) is 2.90. The summed E-state index contributed by atoms with van der Waals surface area (Å²) in [5.74, 6) is -8.29. The van der Waals surface area contributed by atoms with Crippen molar-refractivity contribution < 1.29 is 22.4 Å². The van der Waals surface area contributed by atoms with Crippen molar-refractivity contribution in [1.29, 1.82) is 0 Å². The predicted octanol–water partition coefficient (Wildman–Crippen LogP) is 3.52. The van der Waals surface area contributed by atoms with Gasteiger partial charge in [-0.3, -0.25) is 4.79 Å². The van der Waals surface area contributed by atoms with Gasteiger partial charge in [0.2, 0.25) is 0 Å². The molecule has 2 rings (SSSR count). The summed E-state index contributed by atoms with van der Waals surface area (Å²) >= 11 is 6.21. The minimum atomic E-state index is -2.00. The first-order valence-electron chi connectivity index (χ1n) is 6.14. The molecule has 1 amide bonds. The van der Waals surface area contributed by atoms with E-state index in [4.69, 9.17) is 11.6 Å². The molecule has 0 spiro atoms. The highest BCUT2D eigenvalue weighted by atomic mass is 35.5. The van der Waals surface area contributed by atoms with E-state index in [-0.39, 0.29) is 6.54 Å². The quantitative estimate of drug-likeness (QED) is 0.393. The molecule has 0 aliphatic heterocycles. The lowest BCUT2D eigenvalue weighted by Gasteiger charge is -2.21. The van der Waals surface area contributed by atoms with Crippen molar-refractivity contribution >= 4 is 17.5 Å². The number of hydrogen-bond acceptors (Lipinski definition) is 1. The van der Waals surface area contributed by atoms with Crippen LogP contribution in [-0.4, -0.2) is 17.3 Å². The zero-order valence-electron chi connectivity index (χ0n) is 10.4. The predicted molar refractivity (Wildman–Crippen MR) is 65.7 cm³/mol. The lowest BCUT2D eigenvalue weighted by Crippen LogP contribution is -2.37. The zero-order chi connectivity index (χ0) is 14.9. The normalized spacial score (nSPS) is 17.2. The van der Waals surface area contributed by atoms with E-state index in [0.29, 0.717) is 18.9 Å². The summed E-state index contributed by atoms with van der Waals surface area (Å²) < 4.78 is 52.2. The molecule has 0 unspecified atom stereocenters. The van der Waals surface area contributed by atoms with E-state index in [0.717, 1.165) is 12.8 Å². The summed E-state index contributed by atoms with van der Waals surface area (Å²) in [6.07, 6.45) is 3.24. The SMILES string of the molecule is O=C(NCC1(Cl)CCCC1)c1cc(F)c(F)c(F)c1F. The Bertz CT molecular complexity index is 544. The Morgan fingerprint density at radius 1 is 1.15 bits per heavy atom. The Morgan fingerprint density at radius 2 is 1.75 bits per heavy atom. The Labute approximate surface area is 118 Å². The maximum absolute atomic E-state index is 13.4. The van der Waals surface area contributed by atoms with Crippen LogP contribution in [0.2, 0.25) is 0 Å². The third-order valence-corrected chi connectivity index (χ3v) is 3.92. The molecule has 0 atom stereocenters. The fourth-order valence-electron chi connectivity index (χ4n) is 2.26. The van der Waals surface area contributed by atoms with Gasteiger partial charge in [0, 0.05) is 6.54 Å². The van der Waals surface area contributed by atoms with Gasteiger partial charge in [0.25, 0.3) is 5.91 Å². The van der Waals surface area contributed by atoms with Gasteiger partial charge in [0.1, 0.15) is 0 Å². The van der Waals surface area contributed by atoms with Gasteiger partial charge in [0.05, 0.1) is 10.4 Å². The van der Waals surface area contributed by atoms with Crippen LogP contribution in [0.3, 0.4) is 0 Å². The topological polar surface area (TPSA) is 29.1 Å². The molecule has 1 aliphatic carbocycles. The van der Waals surface area contributed by atoms with Crippen LogP contribution < -0.4 is 5.32 Å². The summed E-state index contributed by atoms with van der Waals surface area (Å²) in [5.41, 5.74) is -0.875. The minimum Gasteiger partial charge on any atom is -0.350 e. The lowest BCUT2D eigenvalue weighted by atomic mass is 10.1. The van der Waals surface area contributed by atoms with E-state index in [2.05, 4.69) is 5.32 Å². The number of rotatable bonds is 3. The smallest absolute Gasteiger partial charge is 0.254 e. The fraction of sp³-hybridized carbons (Fsp3) is 0.462. The molecular formula is C13H12ClF4NO. The molecule has 0 aromatic heterocycles. The molecule has 20 heavy (non-hydrogen) atoms. The van der Waals surface area contributed by atoms with E-state index >= 15 is 0 Å². The van der Waals surface area contributed by atoms with Crippen LogP contribution in [0.15, 0.2) is 6.07 Å². The van der Waals surface area contributed by atoms with Crippen molar-refractivity contribution in [2.24, 2.45) is 0 Å². The highest BCUT2D eigenvalue weighted by molar-refractivity contribution is 6.24. The first kappa shape index (κ1) is 15.1. The molecule has 1 N–H and O–H groups in total. The molecule has 7 heteroatoms. The fourth-order valence-corrected chi connectivity index (χ4v) is 2.59. The van der Waals surface area contributed by atoms with Gasteiger partial charge < -0.3 is 5.32 Å². The molecular weight excluding hydrogens is 298 g/mol.